The molecule has 1 aliphatic rings. The Morgan fingerprint density at radius 3 is 2.79 bits per heavy atom. The number of hydrogen-bond acceptors (Lipinski definition) is 3. The van der Waals surface area contributed by atoms with Gasteiger partial charge in [0, 0.05) is 26.1 Å². The van der Waals surface area contributed by atoms with E-state index in [9.17, 15) is 4.79 Å². The third kappa shape index (κ3) is 4.04. The highest BCUT2D eigenvalue weighted by molar-refractivity contribution is 5.76. The van der Waals surface area contributed by atoms with Crippen LogP contribution < -0.4 is 5.73 Å². The molecule has 104 valence electrons. The highest BCUT2D eigenvalue weighted by Crippen LogP contribution is 2.14. The minimum atomic E-state index is 0.147. The molecule has 2 N–H and O–H groups in total. The average molecular weight is 262 g/mol. The summed E-state index contributed by atoms with van der Waals surface area (Å²) < 4.78 is 5.39. The van der Waals surface area contributed by atoms with Gasteiger partial charge in [-0.25, -0.2) is 0 Å². The van der Waals surface area contributed by atoms with Gasteiger partial charge in [-0.2, -0.15) is 0 Å². The first-order chi connectivity index (χ1) is 9.31. The zero-order valence-electron chi connectivity index (χ0n) is 11.3. The lowest BCUT2D eigenvalue weighted by molar-refractivity contribution is -0.133. The molecule has 1 saturated heterocycles. The first kappa shape index (κ1) is 14.0. The Hall–Kier alpha value is -1.39. The Labute approximate surface area is 114 Å². The molecule has 1 aliphatic heterocycles. The summed E-state index contributed by atoms with van der Waals surface area (Å²) in [5.41, 5.74) is 6.75. The van der Waals surface area contributed by atoms with Gasteiger partial charge in [0.1, 0.15) is 0 Å². The Bertz CT molecular complexity index is 388. The van der Waals surface area contributed by atoms with Crippen LogP contribution in [0.15, 0.2) is 30.3 Å². The molecule has 0 aliphatic carbocycles. The summed E-state index contributed by atoms with van der Waals surface area (Å²) >= 11 is 0. The van der Waals surface area contributed by atoms with Crippen molar-refractivity contribution in [2.45, 2.75) is 25.3 Å². The first-order valence-electron chi connectivity index (χ1n) is 6.92. The molecule has 0 aromatic heterocycles. The molecule has 19 heavy (non-hydrogen) atoms. The maximum Gasteiger partial charge on any atom is 0.224 e. The molecule has 4 nitrogen and oxygen atoms in total. The Morgan fingerprint density at radius 2 is 2.16 bits per heavy atom. The lowest BCUT2D eigenvalue weighted by atomic mass is 10.1. The molecule has 0 spiro atoms. The van der Waals surface area contributed by atoms with Gasteiger partial charge in [0.2, 0.25) is 5.91 Å². The standard InChI is InChI=1S/C15H22N2O2/c16-9-6-15(18)17(14-8-11-19-12-14)10-7-13-4-2-1-3-5-13/h1-5,14H,6-12,16H2. The zero-order valence-corrected chi connectivity index (χ0v) is 11.3. The predicted molar refractivity (Wildman–Crippen MR) is 74.8 cm³/mol. The molecule has 1 fully saturated rings. The summed E-state index contributed by atoms with van der Waals surface area (Å²) in [6.45, 7) is 2.57. The number of hydrogen-bond donors (Lipinski definition) is 1. The number of ether oxygens (including phenoxy) is 1. The largest absolute Gasteiger partial charge is 0.379 e. The lowest BCUT2D eigenvalue weighted by Gasteiger charge is -2.28. The van der Waals surface area contributed by atoms with Gasteiger partial charge in [-0.1, -0.05) is 30.3 Å². The van der Waals surface area contributed by atoms with E-state index >= 15 is 0 Å². The predicted octanol–water partition coefficient (Wildman–Crippen LogP) is 1.20. The van der Waals surface area contributed by atoms with Gasteiger partial charge >= 0.3 is 0 Å². The van der Waals surface area contributed by atoms with Crippen LogP contribution in [0.4, 0.5) is 0 Å². The number of rotatable bonds is 6. The molecule has 1 aromatic rings. The zero-order chi connectivity index (χ0) is 13.5. The van der Waals surface area contributed by atoms with Crippen LogP contribution in [0.3, 0.4) is 0 Å². The van der Waals surface area contributed by atoms with Crippen molar-refractivity contribution in [3.63, 3.8) is 0 Å². The highest BCUT2D eigenvalue weighted by Gasteiger charge is 2.26. The van der Waals surface area contributed by atoms with Crippen LogP contribution in [-0.4, -0.2) is 43.2 Å². The maximum atomic E-state index is 12.1. The number of benzene rings is 1. The van der Waals surface area contributed by atoms with Crippen molar-refractivity contribution in [3.8, 4) is 0 Å². The second-order valence-electron chi connectivity index (χ2n) is 4.88. The van der Waals surface area contributed by atoms with E-state index in [-0.39, 0.29) is 11.9 Å². The molecular formula is C15H22N2O2. The van der Waals surface area contributed by atoms with Crippen LogP contribution in [0.1, 0.15) is 18.4 Å². The maximum absolute atomic E-state index is 12.1. The van der Waals surface area contributed by atoms with Crippen LogP contribution in [0.2, 0.25) is 0 Å². The third-order valence-corrected chi connectivity index (χ3v) is 3.51. The number of carbonyl (C=O) groups is 1. The number of nitrogens with zero attached hydrogens (tertiary/aromatic N) is 1. The minimum absolute atomic E-state index is 0.147. The van der Waals surface area contributed by atoms with Crippen LogP contribution in [0, 0.1) is 0 Å². The summed E-state index contributed by atoms with van der Waals surface area (Å²) in [6, 6.07) is 10.5. The second kappa shape index (κ2) is 7.26. The van der Waals surface area contributed by atoms with Crippen LogP contribution >= 0.6 is 0 Å². The molecule has 1 unspecified atom stereocenters. The molecule has 0 radical (unpaired) electrons. The summed E-state index contributed by atoms with van der Waals surface area (Å²) in [4.78, 5) is 14.1. The van der Waals surface area contributed by atoms with Gasteiger partial charge in [0.25, 0.3) is 0 Å². The van der Waals surface area contributed by atoms with E-state index in [0.29, 0.717) is 19.6 Å². The van der Waals surface area contributed by atoms with Gasteiger partial charge in [-0.3, -0.25) is 4.79 Å². The molecule has 0 bridgehead atoms. The number of amides is 1. The van der Waals surface area contributed by atoms with Gasteiger partial charge in [-0.05, 0) is 18.4 Å². The summed E-state index contributed by atoms with van der Waals surface area (Å²) in [7, 11) is 0. The molecule has 4 heteroatoms. The SMILES string of the molecule is NCCC(=O)N(CCc1ccccc1)C1CCOC1. The van der Waals surface area contributed by atoms with Crippen molar-refractivity contribution in [2.75, 3.05) is 26.3 Å². The fourth-order valence-electron chi connectivity index (χ4n) is 2.44. The van der Waals surface area contributed by atoms with Gasteiger partial charge in [0.05, 0.1) is 12.6 Å². The number of nitrogens with two attached hydrogens (primary N) is 1. The van der Waals surface area contributed by atoms with E-state index in [4.69, 9.17) is 10.5 Å². The molecular weight excluding hydrogens is 240 g/mol. The average Bonchev–Trinajstić information content (AvgIpc) is 2.94. The van der Waals surface area contributed by atoms with E-state index in [1.54, 1.807) is 0 Å². The molecule has 0 saturated carbocycles. The Balaban J connectivity index is 1.95. The van der Waals surface area contributed by atoms with Crippen molar-refractivity contribution < 1.29 is 9.53 Å². The summed E-state index contributed by atoms with van der Waals surface area (Å²) in [5, 5.41) is 0. The quantitative estimate of drug-likeness (QED) is 0.838. The fraction of sp³-hybridized carbons (Fsp3) is 0.533. The van der Waals surface area contributed by atoms with E-state index in [0.717, 1.165) is 26.0 Å². The molecule has 1 heterocycles. The van der Waals surface area contributed by atoms with Crippen molar-refractivity contribution in [3.05, 3.63) is 35.9 Å². The number of carbonyl (C=O) groups excluding carboxylic acids is 1. The second-order valence-corrected chi connectivity index (χ2v) is 4.88. The summed E-state index contributed by atoms with van der Waals surface area (Å²) in [6.07, 6.45) is 2.24. The summed E-state index contributed by atoms with van der Waals surface area (Å²) in [5.74, 6) is 0.147. The van der Waals surface area contributed by atoms with Gasteiger partial charge in [0.15, 0.2) is 0 Å². The fourth-order valence-corrected chi connectivity index (χ4v) is 2.44. The normalized spacial score (nSPS) is 18.5. The minimum Gasteiger partial charge on any atom is -0.379 e. The van der Waals surface area contributed by atoms with Crippen molar-refractivity contribution >= 4 is 5.91 Å². The van der Waals surface area contributed by atoms with Crippen LogP contribution in [-0.2, 0) is 16.0 Å². The Morgan fingerprint density at radius 1 is 1.37 bits per heavy atom. The highest BCUT2D eigenvalue weighted by atomic mass is 16.5. The monoisotopic (exact) mass is 262 g/mol. The van der Waals surface area contributed by atoms with E-state index in [1.165, 1.54) is 5.56 Å². The van der Waals surface area contributed by atoms with Crippen LogP contribution in [0.5, 0.6) is 0 Å². The molecule has 1 aromatic carbocycles. The van der Waals surface area contributed by atoms with Crippen molar-refractivity contribution in [2.24, 2.45) is 5.73 Å². The smallest absolute Gasteiger partial charge is 0.224 e. The van der Waals surface area contributed by atoms with Crippen LogP contribution in [0.25, 0.3) is 0 Å². The van der Waals surface area contributed by atoms with E-state index in [2.05, 4.69) is 12.1 Å². The van der Waals surface area contributed by atoms with E-state index < -0.39 is 0 Å². The van der Waals surface area contributed by atoms with E-state index in [1.807, 2.05) is 23.1 Å². The van der Waals surface area contributed by atoms with Crippen molar-refractivity contribution in [1.29, 1.82) is 0 Å². The Kier molecular flexibility index (Phi) is 5.36. The van der Waals surface area contributed by atoms with Gasteiger partial charge in [-0.15, -0.1) is 0 Å². The topological polar surface area (TPSA) is 55.6 Å². The third-order valence-electron chi connectivity index (χ3n) is 3.51. The molecule has 2 rings (SSSR count). The lowest BCUT2D eigenvalue weighted by Crippen LogP contribution is -2.42. The molecule has 1 amide bonds. The first-order valence-corrected chi connectivity index (χ1v) is 6.92. The van der Waals surface area contributed by atoms with Crippen molar-refractivity contribution in [1.82, 2.24) is 4.90 Å². The van der Waals surface area contributed by atoms with Gasteiger partial charge < -0.3 is 15.4 Å². The molecule has 1 atom stereocenters.